The fourth-order valence-electron chi connectivity index (χ4n) is 4.02. The Bertz CT molecular complexity index is 1100. The SMILES string of the molecule is Cc1ccc2c(N3CCN(C(=O)C(O)C(C)C)CC3)nc(-c3ccccc3C)nc2c1. The summed E-state index contributed by atoms with van der Waals surface area (Å²) in [6.07, 6.45) is -0.943. The maximum Gasteiger partial charge on any atom is 0.251 e. The van der Waals surface area contributed by atoms with E-state index in [9.17, 15) is 9.90 Å². The number of aliphatic hydroxyl groups excluding tert-OH is 1. The molecule has 1 aromatic heterocycles. The van der Waals surface area contributed by atoms with Gasteiger partial charge in [-0.1, -0.05) is 44.2 Å². The second-order valence-electron chi connectivity index (χ2n) is 8.71. The number of benzene rings is 2. The lowest BCUT2D eigenvalue weighted by Gasteiger charge is -2.37. The summed E-state index contributed by atoms with van der Waals surface area (Å²) in [4.78, 5) is 26.4. The standard InChI is InChI=1S/C25H30N4O2/c1-16(2)22(30)25(31)29-13-11-28(12-14-29)24-20-10-9-17(3)15-21(20)26-23(27-24)19-8-6-5-7-18(19)4/h5-10,15-16,22,30H,11-14H2,1-4H3. The first-order chi connectivity index (χ1) is 14.8. The van der Waals surface area contributed by atoms with Crippen LogP contribution < -0.4 is 4.90 Å². The van der Waals surface area contributed by atoms with Crippen LogP contribution in [0.4, 0.5) is 5.82 Å². The van der Waals surface area contributed by atoms with Crippen LogP contribution in [0.2, 0.25) is 0 Å². The van der Waals surface area contributed by atoms with Crippen molar-refractivity contribution in [2.24, 2.45) is 5.92 Å². The molecule has 0 aliphatic carbocycles. The Morgan fingerprint density at radius 1 is 1.00 bits per heavy atom. The fraction of sp³-hybridized carbons (Fsp3) is 0.400. The first-order valence-electron chi connectivity index (χ1n) is 10.9. The van der Waals surface area contributed by atoms with Crippen LogP contribution in [0.25, 0.3) is 22.3 Å². The molecule has 2 aromatic carbocycles. The van der Waals surface area contributed by atoms with Crippen molar-refractivity contribution < 1.29 is 9.90 Å². The van der Waals surface area contributed by atoms with Crippen LogP contribution in [0.1, 0.15) is 25.0 Å². The van der Waals surface area contributed by atoms with Gasteiger partial charge in [-0.2, -0.15) is 0 Å². The van der Waals surface area contributed by atoms with Crippen LogP contribution in [-0.4, -0.2) is 58.2 Å². The summed E-state index contributed by atoms with van der Waals surface area (Å²) in [6, 6.07) is 14.4. The zero-order valence-electron chi connectivity index (χ0n) is 18.7. The van der Waals surface area contributed by atoms with Crippen LogP contribution in [0.15, 0.2) is 42.5 Å². The molecule has 31 heavy (non-hydrogen) atoms. The Hall–Kier alpha value is -2.99. The van der Waals surface area contributed by atoms with Crippen LogP contribution in [0.5, 0.6) is 0 Å². The number of aromatic nitrogens is 2. The van der Waals surface area contributed by atoms with Gasteiger partial charge >= 0.3 is 0 Å². The minimum Gasteiger partial charge on any atom is -0.383 e. The molecule has 1 saturated heterocycles. The predicted octanol–water partition coefficient (Wildman–Crippen LogP) is 3.58. The van der Waals surface area contributed by atoms with Gasteiger partial charge < -0.3 is 14.9 Å². The van der Waals surface area contributed by atoms with Gasteiger partial charge in [-0.15, -0.1) is 0 Å². The highest BCUT2D eigenvalue weighted by molar-refractivity contribution is 5.92. The largest absolute Gasteiger partial charge is 0.383 e. The third kappa shape index (κ3) is 4.26. The van der Waals surface area contributed by atoms with Crippen molar-refractivity contribution in [2.75, 3.05) is 31.1 Å². The minimum absolute atomic E-state index is 0.0868. The molecule has 3 aromatic rings. The van der Waals surface area contributed by atoms with Crippen LogP contribution in [0.3, 0.4) is 0 Å². The normalized spacial score (nSPS) is 15.5. The number of aryl methyl sites for hydroxylation is 2. The summed E-state index contributed by atoms with van der Waals surface area (Å²) < 4.78 is 0. The highest BCUT2D eigenvalue weighted by Gasteiger charge is 2.29. The summed E-state index contributed by atoms with van der Waals surface area (Å²) in [5.41, 5.74) is 4.25. The molecule has 0 spiro atoms. The Labute approximate surface area is 183 Å². The molecule has 1 atom stereocenters. The molecule has 6 nitrogen and oxygen atoms in total. The summed E-state index contributed by atoms with van der Waals surface area (Å²) in [7, 11) is 0. The molecule has 4 rings (SSSR count). The predicted molar refractivity (Wildman–Crippen MR) is 124 cm³/mol. The number of rotatable bonds is 4. The molecule has 6 heteroatoms. The average Bonchev–Trinajstić information content (AvgIpc) is 2.77. The molecular weight excluding hydrogens is 388 g/mol. The van der Waals surface area contributed by atoms with E-state index in [0.717, 1.165) is 39.2 Å². The van der Waals surface area contributed by atoms with E-state index >= 15 is 0 Å². The van der Waals surface area contributed by atoms with E-state index in [4.69, 9.17) is 9.97 Å². The molecule has 162 valence electrons. The molecule has 1 unspecified atom stereocenters. The van der Waals surface area contributed by atoms with Gasteiger partial charge in [0.15, 0.2) is 5.82 Å². The lowest BCUT2D eigenvalue weighted by atomic mass is 10.1. The number of carbonyl (C=O) groups excluding carboxylic acids is 1. The van der Waals surface area contributed by atoms with E-state index in [0.29, 0.717) is 26.2 Å². The second-order valence-corrected chi connectivity index (χ2v) is 8.71. The van der Waals surface area contributed by atoms with Crippen molar-refractivity contribution in [2.45, 2.75) is 33.8 Å². The van der Waals surface area contributed by atoms with Crippen LogP contribution in [-0.2, 0) is 4.79 Å². The number of piperazine rings is 1. The lowest BCUT2D eigenvalue weighted by molar-refractivity contribution is -0.142. The van der Waals surface area contributed by atoms with E-state index in [1.807, 2.05) is 26.0 Å². The number of amides is 1. The zero-order chi connectivity index (χ0) is 22.1. The smallest absolute Gasteiger partial charge is 0.251 e. The molecule has 2 heterocycles. The van der Waals surface area contributed by atoms with Gasteiger partial charge in [-0.25, -0.2) is 9.97 Å². The summed E-state index contributed by atoms with van der Waals surface area (Å²) in [6.45, 7) is 10.3. The number of anilines is 1. The lowest BCUT2D eigenvalue weighted by Crippen LogP contribution is -2.52. The molecular formula is C25H30N4O2. The van der Waals surface area contributed by atoms with Gasteiger partial charge in [0.05, 0.1) is 5.52 Å². The van der Waals surface area contributed by atoms with E-state index in [2.05, 4.69) is 49.1 Å². The summed E-state index contributed by atoms with van der Waals surface area (Å²) in [5, 5.41) is 11.2. The van der Waals surface area contributed by atoms with E-state index in [1.54, 1.807) is 4.90 Å². The van der Waals surface area contributed by atoms with Crippen molar-refractivity contribution in [1.29, 1.82) is 0 Å². The van der Waals surface area contributed by atoms with E-state index in [1.165, 1.54) is 0 Å². The van der Waals surface area contributed by atoms with Crippen molar-refractivity contribution in [3.8, 4) is 11.4 Å². The number of carbonyl (C=O) groups is 1. The Morgan fingerprint density at radius 2 is 1.71 bits per heavy atom. The molecule has 1 amide bonds. The van der Waals surface area contributed by atoms with Gasteiger partial charge in [-0.3, -0.25) is 4.79 Å². The van der Waals surface area contributed by atoms with E-state index < -0.39 is 6.10 Å². The molecule has 0 bridgehead atoms. The highest BCUT2D eigenvalue weighted by Crippen LogP contribution is 2.30. The first-order valence-corrected chi connectivity index (χ1v) is 10.9. The Morgan fingerprint density at radius 3 is 2.39 bits per heavy atom. The molecule has 1 fully saturated rings. The Balaban J connectivity index is 1.68. The average molecular weight is 419 g/mol. The second kappa shape index (κ2) is 8.63. The van der Waals surface area contributed by atoms with Gasteiger partial charge in [0, 0.05) is 37.1 Å². The molecule has 0 radical (unpaired) electrons. The maximum absolute atomic E-state index is 12.5. The third-order valence-corrected chi connectivity index (χ3v) is 5.99. The van der Waals surface area contributed by atoms with Gasteiger partial charge in [-0.05, 0) is 43.0 Å². The van der Waals surface area contributed by atoms with Gasteiger partial charge in [0.1, 0.15) is 11.9 Å². The Kier molecular flexibility index (Phi) is 5.92. The fourth-order valence-corrected chi connectivity index (χ4v) is 4.02. The van der Waals surface area contributed by atoms with Crippen LogP contribution >= 0.6 is 0 Å². The summed E-state index contributed by atoms with van der Waals surface area (Å²) >= 11 is 0. The third-order valence-electron chi connectivity index (χ3n) is 5.99. The summed E-state index contributed by atoms with van der Waals surface area (Å²) in [5.74, 6) is 1.36. The van der Waals surface area contributed by atoms with Crippen molar-refractivity contribution >= 4 is 22.6 Å². The zero-order valence-corrected chi connectivity index (χ0v) is 18.7. The van der Waals surface area contributed by atoms with Crippen molar-refractivity contribution in [3.05, 3.63) is 53.6 Å². The number of hydrogen-bond acceptors (Lipinski definition) is 5. The molecule has 1 aliphatic heterocycles. The highest BCUT2D eigenvalue weighted by atomic mass is 16.3. The number of aliphatic hydroxyl groups is 1. The van der Waals surface area contributed by atoms with Gasteiger partial charge in [0.2, 0.25) is 0 Å². The first kappa shape index (κ1) is 21.2. The van der Waals surface area contributed by atoms with Crippen molar-refractivity contribution in [1.82, 2.24) is 14.9 Å². The van der Waals surface area contributed by atoms with E-state index in [-0.39, 0.29) is 11.8 Å². The monoisotopic (exact) mass is 418 g/mol. The molecule has 0 saturated carbocycles. The number of fused-ring (bicyclic) bond motifs is 1. The number of nitrogens with zero attached hydrogens (tertiary/aromatic N) is 4. The minimum atomic E-state index is -0.943. The number of hydrogen-bond donors (Lipinski definition) is 1. The maximum atomic E-state index is 12.5. The quantitative estimate of drug-likeness (QED) is 0.701. The topological polar surface area (TPSA) is 69.6 Å². The molecule has 1 aliphatic rings. The van der Waals surface area contributed by atoms with Gasteiger partial charge in [0.25, 0.3) is 5.91 Å². The molecule has 1 N–H and O–H groups in total. The van der Waals surface area contributed by atoms with Crippen molar-refractivity contribution in [3.63, 3.8) is 0 Å². The van der Waals surface area contributed by atoms with Crippen LogP contribution in [0, 0.1) is 19.8 Å².